The summed E-state index contributed by atoms with van der Waals surface area (Å²) in [6.07, 6.45) is 8.24. The van der Waals surface area contributed by atoms with Gasteiger partial charge in [0.15, 0.2) is 0 Å². The third-order valence-electron chi connectivity index (χ3n) is 5.09. The Labute approximate surface area is 149 Å². The van der Waals surface area contributed by atoms with E-state index in [-0.39, 0.29) is 24.0 Å². The molecule has 3 aliphatic rings. The van der Waals surface area contributed by atoms with Crippen molar-refractivity contribution in [2.24, 2.45) is 0 Å². The molecular formula is C18H30N4O3. The van der Waals surface area contributed by atoms with Crippen LogP contribution in [0.1, 0.15) is 44.9 Å². The maximum Gasteiger partial charge on any atom is 0.290 e. The Morgan fingerprint density at radius 1 is 1.16 bits per heavy atom. The summed E-state index contributed by atoms with van der Waals surface area (Å²) in [6, 6.07) is 0. The topological polar surface area (TPSA) is 86.7 Å². The van der Waals surface area contributed by atoms with E-state index >= 15 is 0 Å². The highest BCUT2D eigenvalue weighted by Crippen LogP contribution is 2.25. The highest BCUT2D eigenvalue weighted by Gasteiger charge is 2.28. The van der Waals surface area contributed by atoms with Crippen molar-refractivity contribution in [1.29, 1.82) is 5.41 Å². The van der Waals surface area contributed by atoms with Crippen LogP contribution in [0.3, 0.4) is 0 Å². The molecule has 1 saturated carbocycles. The summed E-state index contributed by atoms with van der Waals surface area (Å²) >= 11 is 0. The third kappa shape index (κ3) is 4.95. The summed E-state index contributed by atoms with van der Waals surface area (Å²) in [4.78, 5) is 15.0. The quantitative estimate of drug-likeness (QED) is 0.382. The van der Waals surface area contributed by atoms with Crippen LogP contribution in [0.15, 0.2) is 11.5 Å². The molecule has 0 spiro atoms. The van der Waals surface area contributed by atoms with Gasteiger partial charge in [-0.1, -0.05) is 0 Å². The monoisotopic (exact) mass is 350 g/mol. The molecule has 25 heavy (non-hydrogen) atoms. The van der Waals surface area contributed by atoms with E-state index in [4.69, 9.17) is 14.9 Å². The summed E-state index contributed by atoms with van der Waals surface area (Å²) in [6.45, 7) is 3.93. The number of hydrogen-bond acceptors (Lipinski definition) is 6. The van der Waals surface area contributed by atoms with Gasteiger partial charge in [0, 0.05) is 39.0 Å². The summed E-state index contributed by atoms with van der Waals surface area (Å²) in [5, 5.41) is 14.1. The molecule has 0 radical (unpaired) electrons. The first kappa shape index (κ1) is 18.2. The molecule has 2 heterocycles. The Hall–Kier alpha value is -1.60. The summed E-state index contributed by atoms with van der Waals surface area (Å²) in [7, 11) is 0. The number of rotatable bonds is 6. The number of nitrogens with zero attached hydrogens (tertiary/aromatic N) is 1. The predicted molar refractivity (Wildman–Crippen MR) is 95.3 cm³/mol. The lowest BCUT2D eigenvalue weighted by Crippen LogP contribution is -2.46. The Kier molecular flexibility index (Phi) is 6.69. The average Bonchev–Trinajstić information content (AvgIpc) is 3.16. The van der Waals surface area contributed by atoms with E-state index < -0.39 is 0 Å². The van der Waals surface area contributed by atoms with Gasteiger partial charge in [-0.25, -0.2) is 0 Å². The second-order valence-corrected chi connectivity index (χ2v) is 6.95. The molecule has 0 aromatic heterocycles. The summed E-state index contributed by atoms with van der Waals surface area (Å²) < 4.78 is 11.8. The largest absolute Gasteiger partial charge is 0.483 e. The first-order chi connectivity index (χ1) is 12.3. The molecule has 1 amide bonds. The SMILES string of the molecule is N=C/C(=C(/OC1CCCC1)C(=O)NC1CCCCO1)N1CCNCC1. The number of allylic oxidation sites excluding steroid dienone is 1. The molecule has 0 bridgehead atoms. The zero-order valence-corrected chi connectivity index (χ0v) is 14.9. The van der Waals surface area contributed by atoms with Gasteiger partial charge in [0.25, 0.3) is 5.91 Å². The molecular weight excluding hydrogens is 320 g/mol. The maximum atomic E-state index is 12.9. The lowest BCUT2D eigenvalue weighted by Gasteiger charge is -2.32. The molecule has 7 nitrogen and oxygen atoms in total. The van der Waals surface area contributed by atoms with E-state index in [2.05, 4.69) is 15.5 Å². The van der Waals surface area contributed by atoms with E-state index in [0.29, 0.717) is 12.3 Å². The van der Waals surface area contributed by atoms with Gasteiger partial charge in [-0.05, 0) is 44.9 Å². The number of amides is 1. The van der Waals surface area contributed by atoms with Crippen LogP contribution >= 0.6 is 0 Å². The van der Waals surface area contributed by atoms with E-state index in [1.807, 2.05) is 0 Å². The van der Waals surface area contributed by atoms with E-state index in [1.165, 1.54) is 6.21 Å². The normalized spacial score (nSPS) is 26.1. The lowest BCUT2D eigenvalue weighted by atomic mass is 10.2. The van der Waals surface area contributed by atoms with Crippen molar-refractivity contribution in [2.75, 3.05) is 32.8 Å². The van der Waals surface area contributed by atoms with Gasteiger partial charge in [0.1, 0.15) is 11.9 Å². The van der Waals surface area contributed by atoms with Gasteiger partial charge in [0.2, 0.25) is 5.76 Å². The fourth-order valence-electron chi connectivity index (χ4n) is 3.68. The second-order valence-electron chi connectivity index (χ2n) is 6.95. The van der Waals surface area contributed by atoms with Crippen LogP contribution in [0.4, 0.5) is 0 Å². The standard InChI is InChI=1S/C18H30N4O3/c19-13-15(22-10-8-20-9-11-22)17(25-14-5-1-2-6-14)18(23)21-16-7-3-4-12-24-16/h13-14,16,19-20H,1-12H2,(H,21,23)/b17-15-,19-13?. The minimum atomic E-state index is -0.254. The molecule has 1 atom stereocenters. The van der Waals surface area contributed by atoms with Crippen molar-refractivity contribution in [1.82, 2.24) is 15.5 Å². The van der Waals surface area contributed by atoms with Gasteiger partial charge in [0.05, 0.1) is 6.10 Å². The Bertz CT molecular complexity index is 491. The Morgan fingerprint density at radius 3 is 2.52 bits per heavy atom. The highest BCUT2D eigenvalue weighted by atomic mass is 16.5. The first-order valence-corrected chi connectivity index (χ1v) is 9.57. The second kappa shape index (κ2) is 9.20. The molecule has 7 heteroatoms. The van der Waals surface area contributed by atoms with E-state index in [9.17, 15) is 4.79 Å². The first-order valence-electron chi connectivity index (χ1n) is 9.57. The number of carbonyl (C=O) groups is 1. The fraction of sp³-hybridized carbons (Fsp3) is 0.778. The predicted octanol–water partition coefficient (Wildman–Crippen LogP) is 1.35. The van der Waals surface area contributed by atoms with Crippen molar-refractivity contribution in [3.05, 3.63) is 11.5 Å². The van der Waals surface area contributed by atoms with Crippen LogP contribution in [-0.2, 0) is 14.3 Å². The van der Waals surface area contributed by atoms with Crippen molar-refractivity contribution in [2.45, 2.75) is 57.3 Å². The highest BCUT2D eigenvalue weighted by molar-refractivity contribution is 5.97. The number of hydrogen-bond donors (Lipinski definition) is 3. The van der Waals surface area contributed by atoms with Crippen LogP contribution in [0, 0.1) is 5.41 Å². The van der Waals surface area contributed by atoms with Gasteiger partial charge in [-0.3, -0.25) is 4.79 Å². The van der Waals surface area contributed by atoms with Crippen LogP contribution in [-0.4, -0.2) is 62.1 Å². The van der Waals surface area contributed by atoms with Gasteiger partial charge in [-0.15, -0.1) is 0 Å². The third-order valence-corrected chi connectivity index (χ3v) is 5.09. The Balaban J connectivity index is 1.77. The maximum absolute atomic E-state index is 12.9. The lowest BCUT2D eigenvalue weighted by molar-refractivity contribution is -0.127. The van der Waals surface area contributed by atoms with Crippen molar-refractivity contribution < 1.29 is 14.3 Å². The van der Waals surface area contributed by atoms with Crippen molar-refractivity contribution >= 4 is 12.1 Å². The van der Waals surface area contributed by atoms with Crippen molar-refractivity contribution in [3.8, 4) is 0 Å². The summed E-state index contributed by atoms with van der Waals surface area (Å²) in [5.41, 5.74) is 0.585. The van der Waals surface area contributed by atoms with Crippen LogP contribution in [0.5, 0.6) is 0 Å². The van der Waals surface area contributed by atoms with Crippen LogP contribution < -0.4 is 10.6 Å². The number of nitrogens with one attached hydrogen (secondary N) is 3. The molecule has 2 saturated heterocycles. The summed E-state index contributed by atoms with van der Waals surface area (Å²) in [5.74, 6) is 0.0359. The number of piperazine rings is 1. The van der Waals surface area contributed by atoms with Crippen molar-refractivity contribution in [3.63, 3.8) is 0 Å². The van der Waals surface area contributed by atoms with Gasteiger partial charge >= 0.3 is 0 Å². The minimum Gasteiger partial charge on any atom is -0.483 e. The molecule has 140 valence electrons. The minimum absolute atomic E-state index is 0.0749. The van der Waals surface area contributed by atoms with Crippen LogP contribution in [0.25, 0.3) is 0 Å². The molecule has 0 aromatic rings. The molecule has 3 N–H and O–H groups in total. The number of carbonyl (C=O) groups excluding carboxylic acids is 1. The molecule has 1 unspecified atom stereocenters. The van der Waals surface area contributed by atoms with E-state index in [1.54, 1.807) is 0 Å². The molecule has 0 aromatic carbocycles. The van der Waals surface area contributed by atoms with E-state index in [0.717, 1.165) is 71.1 Å². The zero-order valence-electron chi connectivity index (χ0n) is 14.9. The molecule has 2 aliphatic heterocycles. The molecule has 3 fully saturated rings. The van der Waals surface area contributed by atoms with Crippen LogP contribution in [0.2, 0.25) is 0 Å². The number of ether oxygens (including phenoxy) is 2. The molecule has 1 aliphatic carbocycles. The van der Waals surface area contributed by atoms with Gasteiger partial charge in [-0.2, -0.15) is 0 Å². The smallest absolute Gasteiger partial charge is 0.290 e. The molecule has 3 rings (SSSR count). The fourth-order valence-corrected chi connectivity index (χ4v) is 3.68. The Morgan fingerprint density at radius 2 is 1.88 bits per heavy atom. The van der Waals surface area contributed by atoms with Gasteiger partial charge < -0.3 is 30.4 Å². The zero-order chi connectivity index (χ0) is 17.5. The average molecular weight is 350 g/mol.